The third kappa shape index (κ3) is 1.86. The van der Waals surface area contributed by atoms with Crippen molar-refractivity contribution in [3.8, 4) is 0 Å². The van der Waals surface area contributed by atoms with E-state index in [2.05, 4.69) is 5.32 Å². The van der Waals surface area contributed by atoms with Crippen LogP contribution in [-0.2, 0) is 4.79 Å². The van der Waals surface area contributed by atoms with E-state index in [9.17, 15) is 4.79 Å². The van der Waals surface area contributed by atoms with E-state index in [1.807, 2.05) is 30.3 Å². The Morgan fingerprint density at radius 2 is 2.07 bits per heavy atom. The lowest BCUT2D eigenvalue weighted by molar-refractivity contribution is -0.141. The molecule has 1 aliphatic heterocycles. The summed E-state index contributed by atoms with van der Waals surface area (Å²) in [5.74, 6) is -1.32. The van der Waals surface area contributed by atoms with Gasteiger partial charge in [0.1, 0.15) is 0 Å². The van der Waals surface area contributed by atoms with Crippen LogP contribution in [0, 0.1) is 5.92 Å². The molecule has 15 heavy (non-hydrogen) atoms. The molecule has 0 radical (unpaired) electrons. The highest BCUT2D eigenvalue weighted by Gasteiger charge is 2.38. The second-order valence-corrected chi connectivity index (χ2v) is 3.82. The number of nitrogens with two attached hydrogens (primary N) is 1. The number of rotatable bonds is 2. The molecule has 0 unspecified atom stereocenters. The predicted molar refractivity (Wildman–Crippen MR) is 56.3 cm³/mol. The highest BCUT2D eigenvalue weighted by atomic mass is 16.4. The maximum atomic E-state index is 10.9. The lowest BCUT2D eigenvalue weighted by atomic mass is 9.95. The van der Waals surface area contributed by atoms with Crippen molar-refractivity contribution in [3.63, 3.8) is 0 Å². The van der Waals surface area contributed by atoms with E-state index in [1.54, 1.807) is 0 Å². The maximum absolute atomic E-state index is 10.9. The Hall–Kier alpha value is -1.39. The van der Waals surface area contributed by atoms with Gasteiger partial charge >= 0.3 is 5.97 Å². The molecule has 1 aromatic rings. The van der Waals surface area contributed by atoms with Crippen LogP contribution in [0.3, 0.4) is 0 Å². The molecule has 4 N–H and O–H groups in total. The quantitative estimate of drug-likeness (QED) is 0.653. The molecule has 0 spiro atoms. The highest BCUT2D eigenvalue weighted by Crippen LogP contribution is 2.26. The summed E-state index contributed by atoms with van der Waals surface area (Å²) in [7, 11) is 0. The van der Waals surface area contributed by atoms with Crippen LogP contribution in [0.5, 0.6) is 0 Å². The Morgan fingerprint density at radius 3 is 2.60 bits per heavy atom. The van der Waals surface area contributed by atoms with E-state index in [0.717, 1.165) is 5.56 Å². The lowest BCUT2D eigenvalue weighted by Gasteiger charge is -2.17. The number of aliphatic carboxylic acids is 1. The first kappa shape index (κ1) is 10.1. The van der Waals surface area contributed by atoms with Crippen molar-refractivity contribution < 1.29 is 9.90 Å². The molecule has 0 amide bonds. The number of nitrogens with one attached hydrogen (secondary N) is 1. The van der Waals surface area contributed by atoms with Crippen LogP contribution in [0.25, 0.3) is 0 Å². The summed E-state index contributed by atoms with van der Waals surface area (Å²) in [5, 5.41) is 12.1. The van der Waals surface area contributed by atoms with Gasteiger partial charge < -0.3 is 16.2 Å². The van der Waals surface area contributed by atoms with Gasteiger partial charge in [-0.3, -0.25) is 4.79 Å². The standard InChI is InChI=1S/C11H14N2O2/c12-9-8(11(14)15)6-13-10(9)7-4-2-1-3-5-7/h1-5,8-10,13H,6,12H2,(H,14,15)/t8-,9+,10-/m0/s1. The zero-order chi connectivity index (χ0) is 10.8. The fourth-order valence-electron chi connectivity index (χ4n) is 2.01. The summed E-state index contributed by atoms with van der Waals surface area (Å²) in [6.45, 7) is 0.441. The molecule has 4 nitrogen and oxygen atoms in total. The SMILES string of the molecule is N[C@@H]1[C@@H](C(=O)O)CN[C@H]1c1ccccc1. The molecule has 0 aliphatic carbocycles. The van der Waals surface area contributed by atoms with Crippen LogP contribution in [0.1, 0.15) is 11.6 Å². The Labute approximate surface area is 88.1 Å². The highest BCUT2D eigenvalue weighted by molar-refractivity contribution is 5.72. The summed E-state index contributed by atoms with van der Waals surface area (Å²) in [5.41, 5.74) is 6.96. The summed E-state index contributed by atoms with van der Waals surface area (Å²) in [4.78, 5) is 10.9. The number of hydrogen-bond acceptors (Lipinski definition) is 3. The van der Waals surface area contributed by atoms with E-state index in [-0.39, 0.29) is 12.1 Å². The van der Waals surface area contributed by atoms with E-state index in [1.165, 1.54) is 0 Å². The van der Waals surface area contributed by atoms with Gasteiger partial charge in [-0.15, -0.1) is 0 Å². The fraction of sp³-hybridized carbons (Fsp3) is 0.364. The largest absolute Gasteiger partial charge is 0.481 e. The van der Waals surface area contributed by atoms with Crippen molar-refractivity contribution in [2.45, 2.75) is 12.1 Å². The van der Waals surface area contributed by atoms with Gasteiger partial charge in [0.15, 0.2) is 0 Å². The van der Waals surface area contributed by atoms with Crippen LogP contribution in [0.4, 0.5) is 0 Å². The third-order valence-corrected chi connectivity index (χ3v) is 2.88. The normalized spacial score (nSPS) is 30.3. The summed E-state index contributed by atoms with van der Waals surface area (Å²) >= 11 is 0. The minimum absolute atomic E-state index is 0.0488. The average molecular weight is 206 g/mol. The molecular weight excluding hydrogens is 192 g/mol. The zero-order valence-electron chi connectivity index (χ0n) is 8.26. The topological polar surface area (TPSA) is 75.4 Å². The third-order valence-electron chi connectivity index (χ3n) is 2.88. The van der Waals surface area contributed by atoms with Crippen molar-refractivity contribution in [2.24, 2.45) is 11.7 Å². The molecule has 0 saturated carbocycles. The zero-order valence-corrected chi connectivity index (χ0v) is 8.26. The van der Waals surface area contributed by atoms with Crippen molar-refractivity contribution in [1.29, 1.82) is 0 Å². The molecule has 3 atom stereocenters. The van der Waals surface area contributed by atoms with Gasteiger partial charge in [0.25, 0.3) is 0 Å². The molecule has 4 heteroatoms. The van der Waals surface area contributed by atoms with E-state index >= 15 is 0 Å². The van der Waals surface area contributed by atoms with Crippen LogP contribution in [-0.4, -0.2) is 23.7 Å². The molecule has 80 valence electrons. The van der Waals surface area contributed by atoms with Gasteiger partial charge in [-0.05, 0) is 5.56 Å². The molecule has 1 heterocycles. The second-order valence-electron chi connectivity index (χ2n) is 3.82. The van der Waals surface area contributed by atoms with E-state index in [0.29, 0.717) is 6.54 Å². The van der Waals surface area contributed by atoms with Crippen molar-refractivity contribution >= 4 is 5.97 Å². The van der Waals surface area contributed by atoms with Gasteiger partial charge in [0.05, 0.1) is 5.92 Å². The van der Waals surface area contributed by atoms with Crippen LogP contribution in [0.2, 0.25) is 0 Å². The van der Waals surface area contributed by atoms with E-state index < -0.39 is 11.9 Å². The minimum atomic E-state index is -0.826. The average Bonchev–Trinajstić information content (AvgIpc) is 2.61. The number of carboxylic acid groups (broad SMARTS) is 1. The van der Waals surface area contributed by atoms with Crippen molar-refractivity contribution in [2.75, 3.05) is 6.54 Å². The van der Waals surface area contributed by atoms with Gasteiger partial charge in [0.2, 0.25) is 0 Å². The minimum Gasteiger partial charge on any atom is -0.481 e. The molecule has 1 saturated heterocycles. The first-order valence-corrected chi connectivity index (χ1v) is 4.97. The molecule has 0 bridgehead atoms. The van der Waals surface area contributed by atoms with Crippen LogP contribution in [0.15, 0.2) is 30.3 Å². The van der Waals surface area contributed by atoms with Crippen LogP contribution < -0.4 is 11.1 Å². The Kier molecular flexibility index (Phi) is 2.70. The molecule has 1 fully saturated rings. The first-order valence-electron chi connectivity index (χ1n) is 4.97. The van der Waals surface area contributed by atoms with Gasteiger partial charge in [-0.2, -0.15) is 0 Å². The van der Waals surface area contributed by atoms with Gasteiger partial charge in [-0.25, -0.2) is 0 Å². The Morgan fingerprint density at radius 1 is 1.40 bits per heavy atom. The monoisotopic (exact) mass is 206 g/mol. The Balaban J connectivity index is 2.17. The molecule has 2 rings (SSSR count). The summed E-state index contributed by atoms with van der Waals surface area (Å²) < 4.78 is 0. The Bertz CT molecular complexity index is 353. The van der Waals surface area contributed by atoms with Gasteiger partial charge in [-0.1, -0.05) is 30.3 Å². The maximum Gasteiger partial charge on any atom is 0.309 e. The molecule has 0 aromatic heterocycles. The second kappa shape index (κ2) is 4.00. The van der Waals surface area contributed by atoms with Gasteiger partial charge in [0, 0.05) is 18.6 Å². The van der Waals surface area contributed by atoms with E-state index in [4.69, 9.17) is 10.8 Å². The lowest BCUT2D eigenvalue weighted by Crippen LogP contribution is -2.36. The first-order chi connectivity index (χ1) is 7.20. The van der Waals surface area contributed by atoms with Crippen molar-refractivity contribution in [1.82, 2.24) is 5.32 Å². The number of carboxylic acids is 1. The van der Waals surface area contributed by atoms with Crippen molar-refractivity contribution in [3.05, 3.63) is 35.9 Å². The molecule has 1 aromatic carbocycles. The number of carbonyl (C=O) groups is 1. The predicted octanol–water partition coefficient (Wildman–Crippen LogP) is 0.359. The fourth-order valence-corrected chi connectivity index (χ4v) is 2.01. The summed E-state index contributed by atoms with van der Waals surface area (Å²) in [6, 6.07) is 9.30. The summed E-state index contributed by atoms with van der Waals surface area (Å²) in [6.07, 6.45) is 0. The number of hydrogen-bond donors (Lipinski definition) is 3. The smallest absolute Gasteiger partial charge is 0.309 e. The van der Waals surface area contributed by atoms with Crippen LogP contribution >= 0.6 is 0 Å². The molecular formula is C11H14N2O2. The number of benzene rings is 1. The molecule has 1 aliphatic rings.